The molecule has 2 aromatic heterocycles. The standard InChI is InChI=1S/C25H27FN4O3.ClH/c26-20-3-1-17-2-4-23(31)30-16-18(24(20)25(17)30)15-29-9-7-28(8-10-29)6-5-19-13-21-22(14-27-19)33-12-11-32-21;/h1-4,13-14,18H,5-12,15-16H2;1H. The van der Waals surface area contributed by atoms with Gasteiger partial charge in [0.25, 0.3) is 5.56 Å². The molecule has 0 radical (unpaired) electrons. The molecule has 3 aromatic rings. The van der Waals surface area contributed by atoms with E-state index in [2.05, 4.69) is 14.8 Å². The quantitative estimate of drug-likeness (QED) is 0.552. The fraction of sp³-hybridized carbons (Fsp3) is 0.440. The van der Waals surface area contributed by atoms with Crippen molar-refractivity contribution < 1.29 is 13.9 Å². The van der Waals surface area contributed by atoms with Crippen molar-refractivity contribution in [3.05, 3.63) is 64.0 Å². The predicted molar refractivity (Wildman–Crippen MR) is 130 cm³/mol. The number of hydrogen-bond acceptors (Lipinski definition) is 6. The number of fused-ring (bicyclic) bond motifs is 1. The third-order valence-corrected chi connectivity index (χ3v) is 7.06. The lowest BCUT2D eigenvalue weighted by Crippen LogP contribution is -2.48. The van der Waals surface area contributed by atoms with Gasteiger partial charge in [0.15, 0.2) is 11.5 Å². The summed E-state index contributed by atoms with van der Waals surface area (Å²) in [6.45, 7) is 7.24. The van der Waals surface area contributed by atoms with Gasteiger partial charge >= 0.3 is 0 Å². The number of pyridine rings is 2. The van der Waals surface area contributed by atoms with E-state index in [1.54, 1.807) is 29.0 Å². The number of piperazine rings is 1. The van der Waals surface area contributed by atoms with Crippen LogP contribution in [-0.4, -0.2) is 71.8 Å². The Morgan fingerprint density at radius 1 is 1.00 bits per heavy atom. The minimum atomic E-state index is -0.199. The summed E-state index contributed by atoms with van der Waals surface area (Å²) < 4.78 is 27.7. The molecule has 5 heterocycles. The highest BCUT2D eigenvalue weighted by Crippen LogP contribution is 2.35. The van der Waals surface area contributed by atoms with E-state index in [0.717, 1.165) is 73.8 Å². The largest absolute Gasteiger partial charge is 0.486 e. The molecule has 1 unspecified atom stereocenters. The maximum absolute atomic E-state index is 14.8. The van der Waals surface area contributed by atoms with Crippen LogP contribution in [0.1, 0.15) is 17.2 Å². The summed E-state index contributed by atoms with van der Waals surface area (Å²) in [4.78, 5) is 21.7. The minimum Gasteiger partial charge on any atom is -0.486 e. The van der Waals surface area contributed by atoms with Crippen molar-refractivity contribution in [2.75, 3.05) is 52.5 Å². The number of halogens is 2. The van der Waals surface area contributed by atoms with E-state index < -0.39 is 0 Å². The Labute approximate surface area is 203 Å². The van der Waals surface area contributed by atoms with Crippen LogP contribution in [-0.2, 0) is 13.0 Å². The van der Waals surface area contributed by atoms with Gasteiger partial charge in [0, 0.05) is 81.5 Å². The monoisotopic (exact) mass is 486 g/mol. The Bertz CT molecular complexity index is 1260. The average Bonchev–Trinajstić information content (AvgIpc) is 3.23. The van der Waals surface area contributed by atoms with E-state index in [4.69, 9.17) is 9.47 Å². The van der Waals surface area contributed by atoms with Gasteiger partial charge in [-0.1, -0.05) is 0 Å². The molecule has 7 nitrogen and oxygen atoms in total. The van der Waals surface area contributed by atoms with Gasteiger partial charge in [-0.2, -0.15) is 0 Å². The molecular weight excluding hydrogens is 459 g/mol. The van der Waals surface area contributed by atoms with Gasteiger partial charge in [-0.15, -0.1) is 12.4 Å². The number of ether oxygens (including phenoxy) is 2. The fourth-order valence-corrected chi connectivity index (χ4v) is 5.33. The van der Waals surface area contributed by atoms with Gasteiger partial charge in [-0.25, -0.2) is 4.39 Å². The Kier molecular flexibility index (Phi) is 6.46. The third-order valence-electron chi connectivity index (χ3n) is 7.06. The van der Waals surface area contributed by atoms with Crippen LogP contribution < -0.4 is 15.0 Å². The smallest absolute Gasteiger partial charge is 0.251 e. The predicted octanol–water partition coefficient (Wildman–Crippen LogP) is 2.69. The van der Waals surface area contributed by atoms with E-state index in [1.807, 2.05) is 6.07 Å². The molecule has 0 aliphatic carbocycles. The Balaban J connectivity index is 0.00000241. The van der Waals surface area contributed by atoms with Crippen molar-refractivity contribution in [3.63, 3.8) is 0 Å². The minimum absolute atomic E-state index is 0. The molecule has 9 heteroatoms. The van der Waals surface area contributed by atoms with Crippen LogP contribution in [0.25, 0.3) is 10.9 Å². The van der Waals surface area contributed by atoms with E-state index in [1.165, 1.54) is 6.07 Å². The Hall–Kier alpha value is -2.68. The summed E-state index contributed by atoms with van der Waals surface area (Å²) in [7, 11) is 0. The highest BCUT2D eigenvalue weighted by Gasteiger charge is 2.31. The van der Waals surface area contributed by atoms with Crippen LogP contribution in [0.4, 0.5) is 4.39 Å². The van der Waals surface area contributed by atoms with Crippen LogP contribution in [0.5, 0.6) is 11.5 Å². The van der Waals surface area contributed by atoms with E-state index in [0.29, 0.717) is 25.3 Å². The zero-order valence-corrected chi connectivity index (χ0v) is 19.7. The first-order valence-corrected chi connectivity index (χ1v) is 11.7. The molecule has 3 aliphatic heterocycles. The molecule has 1 saturated heterocycles. The maximum Gasteiger partial charge on any atom is 0.251 e. The molecule has 1 atom stereocenters. The van der Waals surface area contributed by atoms with Crippen LogP contribution in [0.3, 0.4) is 0 Å². The molecule has 0 saturated carbocycles. The van der Waals surface area contributed by atoms with Gasteiger partial charge in [-0.3, -0.25) is 9.78 Å². The summed E-state index contributed by atoms with van der Waals surface area (Å²) >= 11 is 0. The van der Waals surface area contributed by atoms with E-state index in [-0.39, 0.29) is 29.7 Å². The molecular formula is C25H28ClFN4O3. The highest BCUT2D eigenvalue weighted by atomic mass is 35.5. The molecule has 3 aliphatic rings. The third kappa shape index (κ3) is 4.26. The number of nitrogens with zero attached hydrogens (tertiary/aromatic N) is 4. The van der Waals surface area contributed by atoms with Crippen LogP contribution >= 0.6 is 12.4 Å². The second-order valence-electron chi connectivity index (χ2n) is 9.09. The Morgan fingerprint density at radius 2 is 1.74 bits per heavy atom. The molecule has 6 rings (SSSR count). The zero-order valence-electron chi connectivity index (χ0n) is 18.9. The van der Waals surface area contributed by atoms with Gasteiger partial charge < -0.3 is 23.8 Å². The van der Waals surface area contributed by atoms with Crippen LogP contribution in [0.15, 0.2) is 41.3 Å². The van der Waals surface area contributed by atoms with Gasteiger partial charge in [0.2, 0.25) is 0 Å². The molecule has 1 fully saturated rings. The normalized spacial score (nSPS) is 19.9. The summed E-state index contributed by atoms with van der Waals surface area (Å²) in [6, 6.07) is 8.67. The fourth-order valence-electron chi connectivity index (χ4n) is 5.33. The van der Waals surface area contributed by atoms with Gasteiger partial charge in [0.05, 0.1) is 11.7 Å². The molecule has 0 amide bonds. The topological polar surface area (TPSA) is 59.8 Å². The first-order chi connectivity index (χ1) is 16.2. The number of benzene rings is 1. The van der Waals surface area contributed by atoms with Crippen molar-refractivity contribution in [2.45, 2.75) is 18.9 Å². The molecule has 0 spiro atoms. The molecule has 0 bridgehead atoms. The number of rotatable bonds is 5. The van der Waals surface area contributed by atoms with Crippen molar-refractivity contribution >= 4 is 23.3 Å². The first kappa shape index (κ1) is 23.1. The average molecular weight is 487 g/mol. The second-order valence-corrected chi connectivity index (χ2v) is 9.09. The molecule has 34 heavy (non-hydrogen) atoms. The van der Waals surface area contributed by atoms with Crippen molar-refractivity contribution in [1.29, 1.82) is 0 Å². The van der Waals surface area contributed by atoms with E-state index in [9.17, 15) is 9.18 Å². The van der Waals surface area contributed by atoms with Gasteiger partial charge in [0.1, 0.15) is 19.0 Å². The van der Waals surface area contributed by atoms with E-state index >= 15 is 0 Å². The first-order valence-electron chi connectivity index (χ1n) is 11.7. The molecule has 1 aromatic carbocycles. The van der Waals surface area contributed by atoms with Crippen molar-refractivity contribution in [1.82, 2.24) is 19.4 Å². The maximum atomic E-state index is 14.8. The summed E-state index contributed by atoms with van der Waals surface area (Å²) in [5, 5.41) is 0.936. The van der Waals surface area contributed by atoms with Crippen LogP contribution in [0, 0.1) is 5.82 Å². The lowest BCUT2D eigenvalue weighted by atomic mass is 9.98. The van der Waals surface area contributed by atoms with Crippen LogP contribution in [0.2, 0.25) is 0 Å². The van der Waals surface area contributed by atoms with Crippen molar-refractivity contribution in [3.8, 4) is 11.5 Å². The summed E-state index contributed by atoms with van der Waals surface area (Å²) in [5.41, 5.74) is 2.45. The van der Waals surface area contributed by atoms with Gasteiger partial charge in [-0.05, 0) is 23.6 Å². The highest BCUT2D eigenvalue weighted by molar-refractivity contribution is 5.85. The summed E-state index contributed by atoms with van der Waals surface area (Å²) in [6.07, 6.45) is 2.62. The number of hydrogen-bond donors (Lipinski definition) is 0. The molecule has 0 N–H and O–H groups in total. The SMILES string of the molecule is Cl.O=c1ccc2ccc(F)c3c2n1CC3CN1CCN(CCc2cc3c(cn2)OCCO3)CC1. The number of aromatic nitrogens is 2. The molecule has 180 valence electrons. The zero-order chi connectivity index (χ0) is 22.4. The summed E-state index contributed by atoms with van der Waals surface area (Å²) in [5.74, 6) is 1.32. The lowest BCUT2D eigenvalue weighted by Gasteiger charge is -2.36. The second kappa shape index (κ2) is 9.52. The lowest BCUT2D eigenvalue weighted by molar-refractivity contribution is 0.126. The van der Waals surface area contributed by atoms with Crippen molar-refractivity contribution in [2.24, 2.45) is 0 Å². The Morgan fingerprint density at radius 3 is 2.56 bits per heavy atom.